The van der Waals surface area contributed by atoms with Gasteiger partial charge in [-0.3, -0.25) is 4.79 Å². The van der Waals surface area contributed by atoms with Crippen LogP contribution in [0.3, 0.4) is 0 Å². The van der Waals surface area contributed by atoms with Gasteiger partial charge in [-0.05, 0) is 60.2 Å². The number of Topliss-reactive ketones (excluding diaryl/α,β-unsaturated/α-hetero) is 1. The number of rotatable bonds is 4. The van der Waals surface area contributed by atoms with Crippen molar-refractivity contribution in [2.75, 3.05) is 0 Å². The summed E-state index contributed by atoms with van der Waals surface area (Å²) in [6, 6.07) is 18.6. The number of carbonyl (C=O) groups is 2. The van der Waals surface area contributed by atoms with Crippen molar-refractivity contribution in [2.24, 2.45) is 0 Å². The Kier molecular flexibility index (Phi) is 5.47. The molecule has 0 aliphatic carbocycles. The van der Waals surface area contributed by atoms with E-state index in [2.05, 4.69) is 26.0 Å². The fraction of sp³-hybridized carbons (Fsp3) is 0.185. The third-order valence-corrected chi connectivity index (χ3v) is 5.42. The molecule has 0 N–H and O–H groups in total. The number of ether oxygens (including phenoxy) is 2. The quantitative estimate of drug-likeness (QED) is 0.288. The number of allylic oxidation sites excluding steroid dienone is 1. The largest absolute Gasteiger partial charge is 0.452 e. The van der Waals surface area contributed by atoms with E-state index < -0.39 is 5.97 Å². The maximum absolute atomic E-state index is 12.9. The van der Waals surface area contributed by atoms with Crippen molar-refractivity contribution in [3.8, 4) is 11.5 Å². The highest BCUT2D eigenvalue weighted by atomic mass is 16.5. The summed E-state index contributed by atoms with van der Waals surface area (Å²) in [6.07, 6.45) is 1.74. The fourth-order valence-electron chi connectivity index (χ4n) is 3.63. The Balaban J connectivity index is 1.59. The maximum Gasteiger partial charge on any atom is 0.343 e. The lowest BCUT2D eigenvalue weighted by atomic mass is 10.0. The van der Waals surface area contributed by atoms with Crippen molar-refractivity contribution >= 4 is 17.8 Å². The van der Waals surface area contributed by atoms with Crippen molar-refractivity contribution in [2.45, 2.75) is 33.6 Å². The van der Waals surface area contributed by atoms with E-state index in [-0.39, 0.29) is 11.5 Å². The first-order valence-electron chi connectivity index (χ1n) is 10.3. The van der Waals surface area contributed by atoms with Gasteiger partial charge in [-0.15, -0.1) is 0 Å². The zero-order chi connectivity index (χ0) is 22.1. The average Bonchev–Trinajstić information content (AvgIpc) is 3.04. The van der Waals surface area contributed by atoms with Crippen molar-refractivity contribution in [3.05, 3.63) is 99.8 Å². The topological polar surface area (TPSA) is 52.6 Å². The Morgan fingerprint density at radius 1 is 0.968 bits per heavy atom. The lowest BCUT2D eigenvalue weighted by Crippen LogP contribution is -2.10. The summed E-state index contributed by atoms with van der Waals surface area (Å²) < 4.78 is 11.4. The molecule has 0 unspecified atom stereocenters. The van der Waals surface area contributed by atoms with Gasteiger partial charge in [0.15, 0.2) is 5.76 Å². The number of ketones is 1. The Bertz CT molecular complexity index is 1200. The molecule has 0 saturated carbocycles. The van der Waals surface area contributed by atoms with Crippen LogP contribution < -0.4 is 9.47 Å². The molecule has 0 bridgehead atoms. The maximum atomic E-state index is 12.9. The number of carbonyl (C=O) groups excluding carboxylic acids is 2. The Labute approximate surface area is 182 Å². The van der Waals surface area contributed by atoms with E-state index in [1.165, 1.54) is 5.56 Å². The minimum Gasteiger partial charge on any atom is -0.452 e. The third kappa shape index (κ3) is 4.15. The summed E-state index contributed by atoms with van der Waals surface area (Å²) in [6.45, 7) is 7.95. The number of fused-ring (bicyclic) bond motifs is 1. The molecule has 3 aromatic carbocycles. The van der Waals surface area contributed by atoms with Gasteiger partial charge in [-0.1, -0.05) is 56.3 Å². The van der Waals surface area contributed by atoms with E-state index in [1.54, 1.807) is 30.3 Å². The highest BCUT2D eigenvalue weighted by Gasteiger charge is 2.30. The van der Waals surface area contributed by atoms with Crippen molar-refractivity contribution in [1.29, 1.82) is 0 Å². The Hall–Kier alpha value is -3.66. The highest BCUT2D eigenvalue weighted by Crippen LogP contribution is 2.37. The standard InChI is InChI=1S/C27H24O4/c1-16(2)20-11-9-19(10-12-20)14-24-26(28)25-18(4)13-21(15-23(25)31-24)30-27(29)22-8-6-5-7-17(22)3/h5-16H,1-4H3/b24-14-. The summed E-state index contributed by atoms with van der Waals surface area (Å²) in [5.74, 6) is 0.846. The van der Waals surface area contributed by atoms with Crippen LogP contribution in [0, 0.1) is 13.8 Å². The van der Waals surface area contributed by atoms with Crippen molar-refractivity contribution in [3.63, 3.8) is 0 Å². The molecule has 4 heteroatoms. The molecule has 0 amide bonds. The van der Waals surface area contributed by atoms with Crippen molar-refractivity contribution in [1.82, 2.24) is 0 Å². The molecule has 4 nitrogen and oxygen atoms in total. The average molecular weight is 412 g/mol. The summed E-state index contributed by atoms with van der Waals surface area (Å²) in [5.41, 5.74) is 4.67. The molecule has 0 saturated heterocycles. The molecular formula is C27H24O4. The predicted molar refractivity (Wildman–Crippen MR) is 121 cm³/mol. The molecule has 0 aromatic heterocycles. The minimum atomic E-state index is -0.442. The van der Waals surface area contributed by atoms with E-state index in [4.69, 9.17) is 9.47 Å². The normalized spacial score (nSPS) is 14.0. The lowest BCUT2D eigenvalue weighted by Gasteiger charge is -2.09. The second-order valence-corrected chi connectivity index (χ2v) is 8.08. The molecule has 31 heavy (non-hydrogen) atoms. The summed E-state index contributed by atoms with van der Waals surface area (Å²) in [7, 11) is 0. The number of esters is 1. The second kappa shape index (κ2) is 8.23. The van der Waals surface area contributed by atoms with Gasteiger partial charge in [0.1, 0.15) is 11.5 Å². The van der Waals surface area contributed by atoms with Crippen molar-refractivity contribution < 1.29 is 19.1 Å². The summed E-state index contributed by atoms with van der Waals surface area (Å²) in [5, 5.41) is 0. The minimum absolute atomic E-state index is 0.169. The first-order chi connectivity index (χ1) is 14.8. The molecule has 0 spiro atoms. The molecular weight excluding hydrogens is 388 g/mol. The fourth-order valence-corrected chi connectivity index (χ4v) is 3.63. The summed E-state index contributed by atoms with van der Waals surface area (Å²) in [4.78, 5) is 25.4. The number of aryl methyl sites for hydroxylation is 2. The Morgan fingerprint density at radius 3 is 2.35 bits per heavy atom. The van der Waals surface area contributed by atoms with Crippen LogP contribution in [0.4, 0.5) is 0 Å². The molecule has 3 aromatic rings. The van der Waals surface area contributed by atoms with Gasteiger partial charge in [-0.2, -0.15) is 0 Å². The van der Waals surface area contributed by atoms with Crippen LogP contribution in [-0.2, 0) is 0 Å². The van der Waals surface area contributed by atoms with Crippen LogP contribution in [0.25, 0.3) is 6.08 Å². The third-order valence-electron chi connectivity index (χ3n) is 5.42. The molecule has 0 fully saturated rings. The first kappa shape index (κ1) is 20.6. The van der Waals surface area contributed by atoms with Gasteiger partial charge in [0.25, 0.3) is 0 Å². The van der Waals surface area contributed by atoms with Crippen LogP contribution in [0.1, 0.15) is 62.7 Å². The lowest BCUT2D eigenvalue weighted by molar-refractivity contribution is 0.0733. The van der Waals surface area contributed by atoms with E-state index >= 15 is 0 Å². The van der Waals surface area contributed by atoms with Gasteiger partial charge in [0.2, 0.25) is 5.78 Å². The van der Waals surface area contributed by atoms with Gasteiger partial charge >= 0.3 is 5.97 Å². The monoisotopic (exact) mass is 412 g/mol. The SMILES string of the molecule is Cc1ccccc1C(=O)Oc1cc(C)c2c(c1)O/C(=C\c1ccc(C(C)C)cc1)C2=O. The molecule has 1 heterocycles. The van der Waals surface area contributed by atoms with E-state index in [0.717, 1.165) is 11.1 Å². The van der Waals surface area contributed by atoms with E-state index in [9.17, 15) is 9.59 Å². The molecule has 0 radical (unpaired) electrons. The van der Waals surface area contributed by atoms with Gasteiger partial charge in [0, 0.05) is 6.07 Å². The molecule has 1 aliphatic heterocycles. The zero-order valence-electron chi connectivity index (χ0n) is 18.1. The second-order valence-electron chi connectivity index (χ2n) is 8.08. The number of hydrogen-bond acceptors (Lipinski definition) is 4. The predicted octanol–water partition coefficient (Wildman–Crippen LogP) is 6.26. The van der Waals surface area contributed by atoms with Crippen LogP contribution in [0.15, 0.2) is 66.4 Å². The van der Waals surface area contributed by atoms with Gasteiger partial charge in [-0.25, -0.2) is 4.79 Å². The van der Waals surface area contributed by atoms with E-state index in [1.807, 2.05) is 38.1 Å². The molecule has 4 rings (SSSR count). The van der Waals surface area contributed by atoms with Crippen LogP contribution in [-0.4, -0.2) is 11.8 Å². The first-order valence-corrected chi connectivity index (χ1v) is 10.3. The number of hydrogen-bond donors (Lipinski definition) is 0. The Morgan fingerprint density at radius 2 is 1.68 bits per heavy atom. The summed E-state index contributed by atoms with van der Waals surface area (Å²) >= 11 is 0. The van der Waals surface area contributed by atoms with Gasteiger partial charge in [0.05, 0.1) is 11.1 Å². The van der Waals surface area contributed by atoms with Crippen LogP contribution in [0.5, 0.6) is 11.5 Å². The smallest absolute Gasteiger partial charge is 0.343 e. The zero-order valence-corrected chi connectivity index (χ0v) is 18.1. The van der Waals surface area contributed by atoms with Gasteiger partial charge < -0.3 is 9.47 Å². The molecule has 0 atom stereocenters. The molecule has 156 valence electrons. The molecule has 1 aliphatic rings. The van der Waals surface area contributed by atoms with Crippen LogP contribution >= 0.6 is 0 Å². The van der Waals surface area contributed by atoms with E-state index in [0.29, 0.717) is 34.1 Å². The number of benzene rings is 3. The highest BCUT2D eigenvalue weighted by molar-refractivity contribution is 6.15. The van der Waals surface area contributed by atoms with Crippen LogP contribution in [0.2, 0.25) is 0 Å².